The highest BCUT2D eigenvalue weighted by Gasteiger charge is 2.19. The SMILES string of the molecule is CN1CCCC1=NC(=Nc1ccc(S(C)(=O)=O)cc1)N1CCOCC1. The molecule has 0 spiro atoms. The van der Waals surface area contributed by atoms with E-state index in [2.05, 4.69) is 14.8 Å². The zero-order valence-electron chi connectivity index (χ0n) is 14.7. The van der Waals surface area contributed by atoms with Gasteiger partial charge in [0.15, 0.2) is 9.84 Å². The van der Waals surface area contributed by atoms with E-state index < -0.39 is 9.84 Å². The van der Waals surface area contributed by atoms with Gasteiger partial charge in [-0.05, 0) is 30.7 Å². The number of nitrogens with zero attached hydrogens (tertiary/aromatic N) is 4. The summed E-state index contributed by atoms with van der Waals surface area (Å²) < 4.78 is 28.6. The topological polar surface area (TPSA) is 74.6 Å². The molecule has 0 aromatic heterocycles. The Labute approximate surface area is 148 Å². The summed E-state index contributed by atoms with van der Waals surface area (Å²) in [5.41, 5.74) is 0.693. The number of rotatable bonds is 2. The van der Waals surface area contributed by atoms with Crippen LogP contribution in [-0.2, 0) is 14.6 Å². The lowest BCUT2D eigenvalue weighted by atomic mass is 10.3. The summed E-state index contributed by atoms with van der Waals surface area (Å²) in [6, 6.07) is 6.60. The van der Waals surface area contributed by atoms with Crippen molar-refractivity contribution in [2.45, 2.75) is 17.7 Å². The van der Waals surface area contributed by atoms with Crippen molar-refractivity contribution >= 4 is 27.3 Å². The summed E-state index contributed by atoms with van der Waals surface area (Å²) in [5.74, 6) is 1.71. The Bertz CT molecular complexity index is 766. The van der Waals surface area contributed by atoms with Gasteiger partial charge in [-0.25, -0.2) is 13.4 Å². The molecule has 1 aromatic rings. The average molecular weight is 364 g/mol. The van der Waals surface area contributed by atoms with Crippen LogP contribution in [0.2, 0.25) is 0 Å². The van der Waals surface area contributed by atoms with Gasteiger partial charge in [0.1, 0.15) is 5.84 Å². The van der Waals surface area contributed by atoms with E-state index in [0.29, 0.717) is 29.8 Å². The molecule has 2 aliphatic rings. The average Bonchev–Trinajstić information content (AvgIpc) is 3.00. The highest BCUT2D eigenvalue weighted by Crippen LogP contribution is 2.19. The summed E-state index contributed by atoms with van der Waals surface area (Å²) >= 11 is 0. The molecule has 0 N–H and O–H groups in total. The van der Waals surface area contributed by atoms with Crippen LogP contribution in [0.25, 0.3) is 0 Å². The second-order valence-corrected chi connectivity index (χ2v) is 8.35. The normalized spacial score (nSPS) is 21.2. The van der Waals surface area contributed by atoms with Gasteiger partial charge in [0.05, 0.1) is 23.8 Å². The molecule has 0 amide bonds. The Morgan fingerprint density at radius 2 is 1.80 bits per heavy atom. The summed E-state index contributed by atoms with van der Waals surface area (Å²) in [6.07, 6.45) is 3.26. The van der Waals surface area contributed by atoms with Crippen molar-refractivity contribution in [3.8, 4) is 0 Å². The van der Waals surface area contributed by atoms with Crippen molar-refractivity contribution in [1.82, 2.24) is 9.80 Å². The summed E-state index contributed by atoms with van der Waals surface area (Å²) in [7, 11) is -1.16. The van der Waals surface area contributed by atoms with Crippen LogP contribution in [0.1, 0.15) is 12.8 Å². The third-order valence-electron chi connectivity index (χ3n) is 4.35. The lowest BCUT2D eigenvalue weighted by molar-refractivity contribution is 0.0676. The minimum atomic E-state index is -3.20. The maximum Gasteiger partial charge on any atom is 0.227 e. The lowest BCUT2D eigenvalue weighted by Crippen LogP contribution is -2.40. The predicted molar refractivity (Wildman–Crippen MR) is 98.3 cm³/mol. The second-order valence-electron chi connectivity index (χ2n) is 6.33. The van der Waals surface area contributed by atoms with Crippen molar-refractivity contribution in [3.63, 3.8) is 0 Å². The number of aliphatic imine (C=N–C) groups is 2. The Kier molecular flexibility index (Phi) is 5.39. The van der Waals surface area contributed by atoms with Gasteiger partial charge in [-0.3, -0.25) is 0 Å². The molecule has 2 heterocycles. The van der Waals surface area contributed by atoms with Gasteiger partial charge in [0.25, 0.3) is 0 Å². The molecule has 2 fully saturated rings. The number of ether oxygens (including phenoxy) is 1. The first kappa shape index (κ1) is 17.9. The van der Waals surface area contributed by atoms with Gasteiger partial charge in [-0.1, -0.05) is 0 Å². The molecule has 2 saturated heterocycles. The van der Waals surface area contributed by atoms with E-state index >= 15 is 0 Å². The number of morpholine rings is 1. The molecule has 25 heavy (non-hydrogen) atoms. The summed E-state index contributed by atoms with van der Waals surface area (Å²) in [5, 5.41) is 0. The van der Waals surface area contributed by atoms with Crippen LogP contribution in [-0.4, -0.2) is 76.2 Å². The van der Waals surface area contributed by atoms with Crippen molar-refractivity contribution in [3.05, 3.63) is 24.3 Å². The van der Waals surface area contributed by atoms with E-state index in [4.69, 9.17) is 9.73 Å². The van der Waals surface area contributed by atoms with Gasteiger partial charge in [-0.15, -0.1) is 0 Å². The molecule has 3 rings (SSSR count). The molecule has 8 heteroatoms. The molecule has 0 atom stereocenters. The Morgan fingerprint density at radius 3 is 2.36 bits per heavy atom. The fourth-order valence-corrected chi connectivity index (χ4v) is 3.49. The first-order valence-electron chi connectivity index (χ1n) is 8.44. The standard InChI is InChI=1S/C17H24N4O3S/c1-20-9-3-4-16(20)19-17(21-10-12-24-13-11-21)18-14-5-7-15(8-6-14)25(2,22)23/h5-8H,3-4,9-13H2,1-2H3. The predicted octanol–water partition coefficient (Wildman–Crippen LogP) is 1.53. The first-order chi connectivity index (χ1) is 11.9. The number of likely N-dealkylation sites (tertiary alicyclic amines) is 1. The van der Waals surface area contributed by atoms with Crippen LogP contribution in [0.3, 0.4) is 0 Å². The fraction of sp³-hybridized carbons (Fsp3) is 0.529. The molecule has 0 bridgehead atoms. The fourth-order valence-electron chi connectivity index (χ4n) is 2.86. The Hall–Kier alpha value is -1.93. The minimum absolute atomic E-state index is 0.293. The maximum absolute atomic E-state index is 11.6. The Balaban J connectivity index is 1.91. The van der Waals surface area contributed by atoms with Gasteiger partial charge in [0, 0.05) is 39.4 Å². The van der Waals surface area contributed by atoms with E-state index in [-0.39, 0.29) is 0 Å². The molecule has 0 saturated carbocycles. The van der Waals surface area contributed by atoms with Gasteiger partial charge in [0.2, 0.25) is 5.96 Å². The zero-order chi connectivity index (χ0) is 17.9. The minimum Gasteiger partial charge on any atom is -0.378 e. The number of hydrogen-bond donors (Lipinski definition) is 0. The number of guanidine groups is 1. The largest absolute Gasteiger partial charge is 0.378 e. The highest BCUT2D eigenvalue weighted by atomic mass is 32.2. The van der Waals surface area contributed by atoms with Crippen LogP contribution in [0.4, 0.5) is 5.69 Å². The summed E-state index contributed by atoms with van der Waals surface area (Å²) in [4.78, 5) is 14.0. The lowest BCUT2D eigenvalue weighted by Gasteiger charge is -2.28. The van der Waals surface area contributed by atoms with E-state index in [1.54, 1.807) is 24.3 Å². The monoisotopic (exact) mass is 364 g/mol. The second kappa shape index (κ2) is 7.53. The smallest absolute Gasteiger partial charge is 0.227 e. The molecule has 1 aromatic carbocycles. The zero-order valence-corrected chi connectivity index (χ0v) is 15.5. The molecule has 0 aliphatic carbocycles. The van der Waals surface area contributed by atoms with Crippen molar-refractivity contribution < 1.29 is 13.2 Å². The molecular formula is C17H24N4O3S. The van der Waals surface area contributed by atoms with E-state index in [0.717, 1.165) is 38.3 Å². The third kappa shape index (κ3) is 4.58. The molecule has 136 valence electrons. The maximum atomic E-state index is 11.6. The van der Waals surface area contributed by atoms with Crippen molar-refractivity contribution in [1.29, 1.82) is 0 Å². The van der Waals surface area contributed by atoms with Crippen LogP contribution >= 0.6 is 0 Å². The molecule has 0 unspecified atom stereocenters. The number of amidine groups is 1. The quantitative estimate of drug-likeness (QED) is 0.588. The van der Waals surface area contributed by atoms with Crippen LogP contribution < -0.4 is 0 Å². The van der Waals surface area contributed by atoms with E-state index in [9.17, 15) is 8.42 Å². The van der Waals surface area contributed by atoms with Crippen molar-refractivity contribution in [2.24, 2.45) is 9.98 Å². The summed E-state index contributed by atoms with van der Waals surface area (Å²) in [6.45, 7) is 3.83. The van der Waals surface area contributed by atoms with Gasteiger partial charge >= 0.3 is 0 Å². The number of benzene rings is 1. The highest BCUT2D eigenvalue weighted by molar-refractivity contribution is 7.90. The van der Waals surface area contributed by atoms with Crippen LogP contribution in [0.5, 0.6) is 0 Å². The number of sulfone groups is 1. The molecule has 2 aliphatic heterocycles. The molecule has 0 radical (unpaired) electrons. The van der Waals surface area contributed by atoms with E-state index in [1.165, 1.54) is 6.26 Å². The van der Waals surface area contributed by atoms with Crippen LogP contribution in [0, 0.1) is 0 Å². The molecular weight excluding hydrogens is 340 g/mol. The molecule has 7 nitrogen and oxygen atoms in total. The first-order valence-corrected chi connectivity index (χ1v) is 10.3. The number of hydrogen-bond acceptors (Lipinski definition) is 4. The third-order valence-corrected chi connectivity index (χ3v) is 5.48. The van der Waals surface area contributed by atoms with Crippen LogP contribution in [0.15, 0.2) is 39.1 Å². The van der Waals surface area contributed by atoms with Gasteiger partial charge in [-0.2, -0.15) is 4.99 Å². The Morgan fingerprint density at radius 1 is 1.12 bits per heavy atom. The van der Waals surface area contributed by atoms with Gasteiger partial charge < -0.3 is 14.5 Å². The van der Waals surface area contributed by atoms with Crippen molar-refractivity contribution in [2.75, 3.05) is 46.2 Å². The van der Waals surface area contributed by atoms with E-state index in [1.807, 2.05) is 7.05 Å².